The fourth-order valence-corrected chi connectivity index (χ4v) is 2.56. The Morgan fingerprint density at radius 1 is 1.38 bits per heavy atom. The lowest BCUT2D eigenvalue weighted by molar-refractivity contribution is 0.00197. The molecule has 2 heterocycles. The maximum absolute atomic E-state index is 13.5. The van der Waals surface area contributed by atoms with E-state index in [0.717, 1.165) is 6.07 Å². The number of piperazine rings is 1. The lowest BCUT2D eigenvalue weighted by Crippen LogP contribution is -2.56. The van der Waals surface area contributed by atoms with Gasteiger partial charge in [0.05, 0.1) is 5.56 Å². The molecule has 6 nitrogen and oxygen atoms in total. The number of pyridine rings is 1. The van der Waals surface area contributed by atoms with Crippen LogP contribution < -0.4 is 0 Å². The molecule has 2 amide bonds. The van der Waals surface area contributed by atoms with Gasteiger partial charge in [-0.2, -0.15) is 0 Å². The van der Waals surface area contributed by atoms with Crippen molar-refractivity contribution in [2.24, 2.45) is 0 Å². The number of carbonyl (C=O) groups excluding carboxylic acids is 2. The standard InChI is InChI=1S/C16H21ClFN3O3/c1-10-9-20(5-6-21(10)15(23)24-16(2,3)4)14(22)11-7-12(18)13(17)19-8-11/h7-8,10H,5-6,9H2,1-4H3/t10-/m0/s1. The Morgan fingerprint density at radius 3 is 2.58 bits per heavy atom. The second-order valence-electron chi connectivity index (χ2n) is 6.77. The van der Waals surface area contributed by atoms with Crippen LogP contribution in [-0.2, 0) is 4.74 Å². The number of ether oxygens (including phenoxy) is 1. The first-order valence-electron chi connectivity index (χ1n) is 7.68. The summed E-state index contributed by atoms with van der Waals surface area (Å²) in [5, 5.41) is -0.269. The van der Waals surface area contributed by atoms with E-state index < -0.39 is 17.5 Å². The van der Waals surface area contributed by atoms with E-state index in [2.05, 4.69) is 4.98 Å². The molecule has 1 fully saturated rings. The summed E-state index contributed by atoms with van der Waals surface area (Å²) in [6.07, 6.45) is 0.847. The van der Waals surface area contributed by atoms with E-state index in [1.807, 2.05) is 6.92 Å². The van der Waals surface area contributed by atoms with Gasteiger partial charge in [-0.25, -0.2) is 14.2 Å². The highest BCUT2D eigenvalue weighted by Crippen LogP contribution is 2.18. The molecule has 0 unspecified atom stereocenters. The third-order valence-corrected chi connectivity index (χ3v) is 3.86. The van der Waals surface area contributed by atoms with E-state index in [0.29, 0.717) is 19.6 Å². The van der Waals surface area contributed by atoms with Crippen LogP contribution in [-0.4, -0.2) is 58.1 Å². The second kappa shape index (κ2) is 6.93. The highest BCUT2D eigenvalue weighted by Gasteiger charge is 2.33. The van der Waals surface area contributed by atoms with E-state index in [9.17, 15) is 14.0 Å². The summed E-state index contributed by atoms with van der Waals surface area (Å²) >= 11 is 5.53. The molecule has 24 heavy (non-hydrogen) atoms. The smallest absolute Gasteiger partial charge is 0.410 e. The molecule has 0 aliphatic carbocycles. The van der Waals surface area contributed by atoms with Crippen LogP contribution in [0.2, 0.25) is 5.15 Å². The van der Waals surface area contributed by atoms with Crippen molar-refractivity contribution in [2.75, 3.05) is 19.6 Å². The summed E-state index contributed by atoms with van der Waals surface area (Å²) < 4.78 is 18.8. The van der Waals surface area contributed by atoms with Crippen molar-refractivity contribution in [3.05, 3.63) is 28.8 Å². The Labute approximate surface area is 145 Å². The van der Waals surface area contributed by atoms with Crippen LogP contribution in [0, 0.1) is 5.82 Å². The fourth-order valence-electron chi connectivity index (χ4n) is 2.45. The highest BCUT2D eigenvalue weighted by molar-refractivity contribution is 6.29. The minimum atomic E-state index is -0.733. The van der Waals surface area contributed by atoms with Gasteiger partial charge in [0.1, 0.15) is 5.60 Å². The number of rotatable bonds is 1. The van der Waals surface area contributed by atoms with Gasteiger partial charge in [-0.1, -0.05) is 11.6 Å². The van der Waals surface area contributed by atoms with Crippen molar-refractivity contribution in [1.29, 1.82) is 0 Å². The average Bonchev–Trinajstić information content (AvgIpc) is 2.47. The van der Waals surface area contributed by atoms with E-state index >= 15 is 0 Å². The third kappa shape index (κ3) is 4.35. The van der Waals surface area contributed by atoms with Crippen molar-refractivity contribution in [2.45, 2.75) is 39.3 Å². The molecule has 2 rings (SSSR count). The summed E-state index contributed by atoms with van der Waals surface area (Å²) in [6.45, 7) is 8.27. The molecule has 0 N–H and O–H groups in total. The molecule has 0 saturated carbocycles. The van der Waals surface area contributed by atoms with Gasteiger partial charge in [-0.3, -0.25) is 4.79 Å². The predicted molar refractivity (Wildman–Crippen MR) is 87.5 cm³/mol. The van der Waals surface area contributed by atoms with Crippen molar-refractivity contribution in [1.82, 2.24) is 14.8 Å². The number of amides is 2. The largest absolute Gasteiger partial charge is 0.444 e. The summed E-state index contributed by atoms with van der Waals surface area (Å²) in [7, 11) is 0. The Balaban J connectivity index is 2.03. The summed E-state index contributed by atoms with van der Waals surface area (Å²) in [4.78, 5) is 31.4. The molecule has 1 aromatic heterocycles. The molecule has 1 aromatic rings. The maximum Gasteiger partial charge on any atom is 0.410 e. The highest BCUT2D eigenvalue weighted by atomic mass is 35.5. The van der Waals surface area contributed by atoms with Crippen molar-refractivity contribution < 1.29 is 18.7 Å². The van der Waals surface area contributed by atoms with Gasteiger partial charge in [0.15, 0.2) is 11.0 Å². The number of carbonyl (C=O) groups is 2. The Morgan fingerprint density at radius 2 is 2.04 bits per heavy atom. The van der Waals surface area contributed by atoms with Crippen LogP contribution in [0.4, 0.5) is 9.18 Å². The van der Waals surface area contributed by atoms with Gasteiger partial charge >= 0.3 is 6.09 Å². The predicted octanol–water partition coefficient (Wildman–Crippen LogP) is 2.96. The summed E-state index contributed by atoms with van der Waals surface area (Å²) in [5.41, 5.74) is -0.439. The minimum Gasteiger partial charge on any atom is -0.444 e. The molecule has 1 saturated heterocycles. The van der Waals surface area contributed by atoms with Crippen molar-refractivity contribution >= 4 is 23.6 Å². The Kier molecular flexibility index (Phi) is 5.32. The lowest BCUT2D eigenvalue weighted by atomic mass is 10.1. The van der Waals surface area contributed by atoms with E-state index in [1.165, 1.54) is 6.20 Å². The second-order valence-corrected chi connectivity index (χ2v) is 7.13. The zero-order valence-electron chi connectivity index (χ0n) is 14.2. The minimum absolute atomic E-state index is 0.134. The van der Waals surface area contributed by atoms with Gasteiger partial charge in [0.2, 0.25) is 0 Å². The van der Waals surface area contributed by atoms with Crippen LogP contribution in [0.3, 0.4) is 0 Å². The molecular weight excluding hydrogens is 337 g/mol. The van der Waals surface area contributed by atoms with Crippen molar-refractivity contribution in [3.63, 3.8) is 0 Å². The molecule has 1 aliphatic rings. The molecule has 132 valence electrons. The number of aromatic nitrogens is 1. The van der Waals surface area contributed by atoms with Crippen LogP contribution in [0.25, 0.3) is 0 Å². The number of hydrogen-bond donors (Lipinski definition) is 0. The van der Waals surface area contributed by atoms with Crippen LogP contribution in [0.1, 0.15) is 38.1 Å². The molecular formula is C16H21ClFN3O3. The van der Waals surface area contributed by atoms with Crippen LogP contribution >= 0.6 is 11.6 Å². The van der Waals surface area contributed by atoms with E-state index in [-0.39, 0.29) is 22.7 Å². The first kappa shape index (κ1) is 18.4. The van der Waals surface area contributed by atoms with Gasteiger partial charge in [-0.05, 0) is 33.8 Å². The molecule has 0 bridgehead atoms. The fraction of sp³-hybridized carbons (Fsp3) is 0.562. The van der Waals surface area contributed by atoms with E-state index in [4.69, 9.17) is 16.3 Å². The van der Waals surface area contributed by atoms with Crippen LogP contribution in [0.15, 0.2) is 12.3 Å². The SMILES string of the molecule is C[C@H]1CN(C(=O)c2cnc(Cl)c(F)c2)CCN1C(=O)OC(C)(C)C. The van der Waals surface area contributed by atoms with E-state index in [1.54, 1.807) is 30.6 Å². The molecule has 1 aliphatic heterocycles. The molecule has 0 aromatic carbocycles. The monoisotopic (exact) mass is 357 g/mol. The number of hydrogen-bond acceptors (Lipinski definition) is 4. The molecule has 0 spiro atoms. The van der Waals surface area contributed by atoms with Gasteiger partial charge in [0, 0.05) is 31.9 Å². The maximum atomic E-state index is 13.5. The summed E-state index contributed by atoms with van der Waals surface area (Å²) in [6, 6.07) is 0.866. The van der Waals surface area contributed by atoms with Gasteiger partial charge in [-0.15, -0.1) is 0 Å². The zero-order valence-corrected chi connectivity index (χ0v) is 14.9. The van der Waals surface area contributed by atoms with Crippen molar-refractivity contribution in [3.8, 4) is 0 Å². The average molecular weight is 358 g/mol. The normalized spacial score (nSPS) is 18.5. The molecule has 8 heteroatoms. The molecule has 1 atom stereocenters. The first-order valence-corrected chi connectivity index (χ1v) is 8.06. The number of halogens is 2. The Bertz CT molecular complexity index is 648. The van der Waals surface area contributed by atoms with Gasteiger partial charge in [0.25, 0.3) is 5.91 Å². The molecule has 0 radical (unpaired) electrons. The Hall–Kier alpha value is -1.89. The zero-order chi connectivity index (χ0) is 18.1. The third-order valence-electron chi connectivity index (χ3n) is 3.59. The van der Waals surface area contributed by atoms with Crippen LogP contribution in [0.5, 0.6) is 0 Å². The topological polar surface area (TPSA) is 62.7 Å². The number of nitrogens with zero attached hydrogens (tertiary/aromatic N) is 3. The quantitative estimate of drug-likeness (QED) is 0.725. The first-order chi connectivity index (χ1) is 11.1. The lowest BCUT2D eigenvalue weighted by Gasteiger charge is -2.40. The summed E-state index contributed by atoms with van der Waals surface area (Å²) in [5.74, 6) is -1.07. The van der Waals surface area contributed by atoms with Gasteiger partial charge < -0.3 is 14.5 Å².